The maximum absolute atomic E-state index is 11.2. The Balaban J connectivity index is 2.43. The van der Waals surface area contributed by atoms with Crippen LogP contribution in [0.5, 0.6) is 0 Å². The number of thioether (sulfide) groups is 1. The zero-order chi connectivity index (χ0) is 15.4. The van der Waals surface area contributed by atoms with Crippen LogP contribution in [-0.2, 0) is 6.42 Å². The van der Waals surface area contributed by atoms with Crippen LogP contribution in [-0.4, -0.2) is 32.1 Å². The summed E-state index contributed by atoms with van der Waals surface area (Å²) < 4.78 is 2.21. The lowest BCUT2D eigenvalue weighted by Crippen LogP contribution is -2.10. The molecule has 1 unspecified atom stereocenters. The highest BCUT2D eigenvalue weighted by Crippen LogP contribution is 2.25. The average Bonchev–Trinajstić information content (AvgIpc) is 2.84. The standard InChI is InChI=1S/C16H22N2O2S/c1-4-15-17-13-7-6-12(16(19)20)10-14(13)18(15)11(3)8-9-21-5-2/h6-7,10-11H,4-5,8-9H2,1-3H3,(H,19,20). The van der Waals surface area contributed by atoms with Crippen molar-refractivity contribution in [1.29, 1.82) is 0 Å². The Kier molecular flexibility index (Phi) is 5.28. The van der Waals surface area contributed by atoms with E-state index in [1.807, 2.05) is 17.8 Å². The molecule has 0 aliphatic carbocycles. The third-order valence-corrected chi connectivity index (χ3v) is 4.58. The van der Waals surface area contributed by atoms with Gasteiger partial charge in [0.25, 0.3) is 0 Å². The van der Waals surface area contributed by atoms with Gasteiger partial charge in [-0.1, -0.05) is 13.8 Å². The van der Waals surface area contributed by atoms with Crippen molar-refractivity contribution in [2.75, 3.05) is 11.5 Å². The van der Waals surface area contributed by atoms with E-state index in [2.05, 4.69) is 30.3 Å². The summed E-state index contributed by atoms with van der Waals surface area (Å²) in [6.07, 6.45) is 1.91. The van der Waals surface area contributed by atoms with Crippen LogP contribution in [0, 0.1) is 0 Å². The van der Waals surface area contributed by atoms with Gasteiger partial charge in [-0.05, 0) is 43.0 Å². The molecule has 1 heterocycles. The Labute approximate surface area is 129 Å². The van der Waals surface area contributed by atoms with E-state index >= 15 is 0 Å². The van der Waals surface area contributed by atoms with Crippen molar-refractivity contribution in [3.05, 3.63) is 29.6 Å². The van der Waals surface area contributed by atoms with Gasteiger partial charge in [-0.25, -0.2) is 9.78 Å². The number of carboxylic acids is 1. The lowest BCUT2D eigenvalue weighted by atomic mass is 10.2. The number of carbonyl (C=O) groups is 1. The Morgan fingerprint density at radius 3 is 2.81 bits per heavy atom. The molecule has 0 aliphatic rings. The highest BCUT2D eigenvalue weighted by Gasteiger charge is 2.16. The topological polar surface area (TPSA) is 55.1 Å². The van der Waals surface area contributed by atoms with Crippen LogP contribution in [0.2, 0.25) is 0 Å². The van der Waals surface area contributed by atoms with Crippen LogP contribution in [0.1, 0.15) is 49.4 Å². The first-order valence-electron chi connectivity index (χ1n) is 7.40. The van der Waals surface area contributed by atoms with Crippen molar-refractivity contribution in [3.63, 3.8) is 0 Å². The number of nitrogens with zero attached hydrogens (tertiary/aromatic N) is 2. The highest BCUT2D eigenvalue weighted by atomic mass is 32.2. The zero-order valence-corrected chi connectivity index (χ0v) is 13.6. The second-order valence-corrected chi connectivity index (χ2v) is 6.49. The number of carboxylic acid groups (broad SMARTS) is 1. The third-order valence-electron chi connectivity index (χ3n) is 3.65. The Morgan fingerprint density at radius 1 is 1.43 bits per heavy atom. The molecule has 1 aromatic carbocycles. The fourth-order valence-electron chi connectivity index (χ4n) is 2.54. The summed E-state index contributed by atoms with van der Waals surface area (Å²) in [4.78, 5) is 15.8. The Bertz CT molecular complexity index is 636. The van der Waals surface area contributed by atoms with Crippen LogP contribution >= 0.6 is 11.8 Å². The van der Waals surface area contributed by atoms with Crippen LogP contribution in [0.3, 0.4) is 0 Å². The molecule has 0 fully saturated rings. The summed E-state index contributed by atoms with van der Waals surface area (Å²) in [5, 5.41) is 9.18. The van der Waals surface area contributed by atoms with Crippen molar-refractivity contribution in [1.82, 2.24) is 9.55 Å². The summed E-state index contributed by atoms with van der Waals surface area (Å²) >= 11 is 1.93. The molecule has 5 heteroatoms. The zero-order valence-electron chi connectivity index (χ0n) is 12.8. The largest absolute Gasteiger partial charge is 0.478 e. The normalized spacial score (nSPS) is 12.7. The van der Waals surface area contributed by atoms with Gasteiger partial charge in [-0.3, -0.25) is 0 Å². The van der Waals surface area contributed by atoms with E-state index in [1.54, 1.807) is 12.1 Å². The van der Waals surface area contributed by atoms with Crippen molar-refractivity contribution in [2.45, 2.75) is 39.7 Å². The summed E-state index contributed by atoms with van der Waals surface area (Å²) in [7, 11) is 0. The summed E-state index contributed by atoms with van der Waals surface area (Å²) in [6, 6.07) is 5.50. The minimum Gasteiger partial charge on any atom is -0.478 e. The average molecular weight is 306 g/mol. The van der Waals surface area contributed by atoms with Gasteiger partial charge in [0, 0.05) is 12.5 Å². The summed E-state index contributed by atoms with van der Waals surface area (Å²) in [6.45, 7) is 6.44. The molecule has 0 saturated heterocycles. The number of benzene rings is 1. The molecule has 0 aliphatic heterocycles. The molecule has 0 saturated carbocycles. The van der Waals surface area contributed by atoms with Crippen molar-refractivity contribution in [3.8, 4) is 0 Å². The van der Waals surface area contributed by atoms with Crippen LogP contribution in [0.4, 0.5) is 0 Å². The van der Waals surface area contributed by atoms with E-state index < -0.39 is 5.97 Å². The number of hydrogen-bond donors (Lipinski definition) is 1. The van der Waals surface area contributed by atoms with Crippen LogP contribution in [0.15, 0.2) is 18.2 Å². The molecule has 4 nitrogen and oxygen atoms in total. The molecule has 21 heavy (non-hydrogen) atoms. The van der Waals surface area contributed by atoms with Crippen LogP contribution in [0.25, 0.3) is 11.0 Å². The number of imidazole rings is 1. The number of hydrogen-bond acceptors (Lipinski definition) is 3. The van der Waals surface area contributed by atoms with E-state index in [9.17, 15) is 9.90 Å². The second-order valence-electron chi connectivity index (χ2n) is 5.09. The van der Waals surface area contributed by atoms with Gasteiger partial charge >= 0.3 is 5.97 Å². The molecule has 2 aromatic rings. The number of aryl methyl sites for hydroxylation is 1. The minimum atomic E-state index is -0.892. The van der Waals surface area contributed by atoms with Gasteiger partial charge in [0.05, 0.1) is 16.6 Å². The molecule has 114 valence electrons. The quantitative estimate of drug-likeness (QED) is 0.786. The van der Waals surface area contributed by atoms with E-state index in [-0.39, 0.29) is 0 Å². The van der Waals surface area contributed by atoms with Gasteiger partial charge in [0.1, 0.15) is 5.82 Å². The maximum atomic E-state index is 11.2. The number of rotatable bonds is 7. The number of aromatic nitrogens is 2. The van der Waals surface area contributed by atoms with Crippen molar-refractivity contribution < 1.29 is 9.90 Å². The van der Waals surface area contributed by atoms with Crippen molar-refractivity contribution >= 4 is 28.8 Å². The molecular formula is C16H22N2O2S. The van der Waals surface area contributed by atoms with E-state index in [0.29, 0.717) is 11.6 Å². The fourth-order valence-corrected chi connectivity index (χ4v) is 3.34. The van der Waals surface area contributed by atoms with Gasteiger partial charge in [0.15, 0.2) is 0 Å². The molecule has 1 N–H and O–H groups in total. The molecule has 0 spiro atoms. The minimum absolute atomic E-state index is 0.321. The lowest BCUT2D eigenvalue weighted by molar-refractivity contribution is 0.0697. The predicted octanol–water partition coefficient (Wildman–Crippen LogP) is 4.00. The number of fused-ring (bicyclic) bond motifs is 1. The van der Waals surface area contributed by atoms with Gasteiger partial charge in [-0.15, -0.1) is 0 Å². The van der Waals surface area contributed by atoms with Gasteiger partial charge in [0.2, 0.25) is 0 Å². The van der Waals surface area contributed by atoms with Gasteiger partial charge < -0.3 is 9.67 Å². The summed E-state index contributed by atoms with van der Waals surface area (Å²) in [5.41, 5.74) is 2.13. The maximum Gasteiger partial charge on any atom is 0.335 e. The fraction of sp³-hybridized carbons (Fsp3) is 0.500. The van der Waals surface area contributed by atoms with E-state index in [0.717, 1.165) is 41.2 Å². The van der Waals surface area contributed by atoms with Crippen LogP contribution < -0.4 is 0 Å². The first-order valence-corrected chi connectivity index (χ1v) is 8.55. The Morgan fingerprint density at radius 2 is 2.19 bits per heavy atom. The molecular weight excluding hydrogens is 284 g/mol. The second kappa shape index (κ2) is 6.98. The predicted molar refractivity (Wildman–Crippen MR) is 88.4 cm³/mol. The number of aromatic carboxylic acids is 1. The van der Waals surface area contributed by atoms with E-state index in [4.69, 9.17) is 0 Å². The van der Waals surface area contributed by atoms with E-state index in [1.165, 1.54) is 0 Å². The third kappa shape index (κ3) is 3.40. The van der Waals surface area contributed by atoms with Crippen molar-refractivity contribution in [2.24, 2.45) is 0 Å². The molecule has 0 amide bonds. The molecule has 1 aromatic heterocycles. The Hall–Kier alpha value is -1.49. The first kappa shape index (κ1) is 15.9. The lowest BCUT2D eigenvalue weighted by Gasteiger charge is -2.17. The molecule has 0 radical (unpaired) electrons. The highest BCUT2D eigenvalue weighted by molar-refractivity contribution is 7.99. The molecule has 1 atom stereocenters. The summed E-state index contributed by atoms with van der Waals surface area (Å²) in [5.74, 6) is 2.37. The molecule has 2 rings (SSSR count). The SMILES string of the molecule is CCSCCC(C)n1c(CC)nc2ccc(C(=O)O)cc21. The first-order chi connectivity index (χ1) is 10.1. The molecule has 0 bridgehead atoms. The monoisotopic (exact) mass is 306 g/mol. The van der Waals surface area contributed by atoms with Gasteiger partial charge in [-0.2, -0.15) is 11.8 Å². The smallest absolute Gasteiger partial charge is 0.335 e.